The summed E-state index contributed by atoms with van der Waals surface area (Å²) in [7, 11) is -3.97. The number of benzene rings is 1. The quantitative estimate of drug-likeness (QED) is 0.925. The molecule has 1 heterocycles. The van der Waals surface area contributed by atoms with Crippen molar-refractivity contribution >= 4 is 10.0 Å². The van der Waals surface area contributed by atoms with Crippen molar-refractivity contribution < 1.29 is 12.8 Å². The van der Waals surface area contributed by atoms with E-state index in [1.807, 2.05) is 6.92 Å². The van der Waals surface area contributed by atoms with E-state index in [1.165, 1.54) is 16.7 Å². The summed E-state index contributed by atoms with van der Waals surface area (Å²) in [6.07, 6.45) is 0.669. The number of hydrogen-bond donors (Lipinski definition) is 1. The zero-order valence-electron chi connectivity index (χ0n) is 11.2. The van der Waals surface area contributed by atoms with Gasteiger partial charge in [0.25, 0.3) is 15.2 Å². The Morgan fingerprint density at radius 1 is 1.30 bits per heavy atom. The number of nitrogens with two attached hydrogens (primary N) is 1. The van der Waals surface area contributed by atoms with E-state index in [9.17, 15) is 12.8 Å². The molecule has 2 aromatic rings. The summed E-state index contributed by atoms with van der Waals surface area (Å²) in [5.74, 6) is -0.123. The molecule has 20 heavy (non-hydrogen) atoms. The van der Waals surface area contributed by atoms with E-state index >= 15 is 0 Å². The highest BCUT2D eigenvalue weighted by Gasteiger charge is 2.21. The minimum Gasteiger partial charge on any atom is -0.297 e. The van der Waals surface area contributed by atoms with E-state index in [-0.39, 0.29) is 5.16 Å². The molecule has 6 nitrogen and oxygen atoms in total. The first-order valence-electron chi connectivity index (χ1n) is 6.06. The van der Waals surface area contributed by atoms with Gasteiger partial charge in [0.1, 0.15) is 5.82 Å². The zero-order chi connectivity index (χ0) is 14.9. The zero-order valence-corrected chi connectivity index (χ0v) is 12.0. The summed E-state index contributed by atoms with van der Waals surface area (Å²) >= 11 is 0. The Bertz CT molecular complexity index is 720. The van der Waals surface area contributed by atoms with Gasteiger partial charge in [0.05, 0.1) is 0 Å². The molecular formula is C12H15FN4O2S. The molecule has 0 radical (unpaired) electrons. The Balaban J connectivity index is 2.65. The molecule has 2 N–H and O–H groups in total. The van der Waals surface area contributed by atoms with Gasteiger partial charge in [-0.25, -0.2) is 17.9 Å². The highest BCUT2D eigenvalue weighted by atomic mass is 32.2. The number of aryl methyl sites for hydroxylation is 1. The maximum absolute atomic E-state index is 13.5. The number of rotatable bonds is 4. The smallest absolute Gasteiger partial charge is 0.273 e. The average Bonchev–Trinajstić information content (AvgIpc) is 2.71. The molecule has 0 aliphatic heterocycles. The third-order valence-electron chi connectivity index (χ3n) is 2.72. The molecule has 1 aromatic heterocycles. The predicted molar refractivity (Wildman–Crippen MR) is 71.8 cm³/mol. The molecular weight excluding hydrogens is 283 g/mol. The Kier molecular flexibility index (Phi) is 3.87. The van der Waals surface area contributed by atoms with Crippen LogP contribution in [0.5, 0.6) is 0 Å². The van der Waals surface area contributed by atoms with E-state index in [4.69, 9.17) is 5.14 Å². The lowest BCUT2D eigenvalue weighted by atomic mass is 10.1. The van der Waals surface area contributed by atoms with E-state index < -0.39 is 15.8 Å². The van der Waals surface area contributed by atoms with Gasteiger partial charge in [-0.05, 0) is 37.1 Å². The van der Waals surface area contributed by atoms with Gasteiger partial charge in [0, 0.05) is 12.1 Å². The molecule has 108 valence electrons. The molecule has 0 fully saturated rings. The predicted octanol–water partition coefficient (Wildman–Crippen LogP) is 1.45. The van der Waals surface area contributed by atoms with E-state index in [0.29, 0.717) is 29.9 Å². The molecule has 0 atom stereocenters. The molecule has 0 aliphatic carbocycles. The van der Waals surface area contributed by atoms with E-state index in [1.54, 1.807) is 13.0 Å². The molecule has 1 aromatic carbocycles. The maximum atomic E-state index is 13.5. The van der Waals surface area contributed by atoms with Crippen LogP contribution in [0.4, 0.5) is 4.39 Å². The van der Waals surface area contributed by atoms with Gasteiger partial charge in [-0.1, -0.05) is 6.92 Å². The number of hydrogen-bond acceptors (Lipinski definition) is 4. The van der Waals surface area contributed by atoms with Crippen LogP contribution in [0.3, 0.4) is 0 Å². The van der Waals surface area contributed by atoms with Crippen LogP contribution in [0.2, 0.25) is 0 Å². The second-order valence-corrected chi connectivity index (χ2v) is 5.98. The lowest BCUT2D eigenvalue weighted by Crippen LogP contribution is -2.19. The minimum absolute atomic E-state index is 0.290. The standard InChI is InChI=1S/C12H15FN4O2S/c1-3-4-17-11(15-16-12(17)20(14,18)19)9-5-8(2)6-10(13)7-9/h5-7H,3-4H2,1-2H3,(H2,14,18,19). The fraction of sp³-hybridized carbons (Fsp3) is 0.333. The van der Waals surface area contributed by atoms with E-state index in [2.05, 4.69) is 10.2 Å². The number of primary sulfonamides is 1. The second-order valence-electron chi connectivity index (χ2n) is 4.52. The summed E-state index contributed by atoms with van der Waals surface area (Å²) in [5.41, 5.74) is 1.18. The lowest BCUT2D eigenvalue weighted by molar-refractivity contribution is 0.559. The Hall–Kier alpha value is -1.80. The summed E-state index contributed by atoms with van der Waals surface area (Å²) in [4.78, 5) is 0. The molecule has 0 saturated carbocycles. The van der Waals surface area contributed by atoms with Crippen LogP contribution in [-0.4, -0.2) is 23.2 Å². The average molecular weight is 298 g/mol. The highest BCUT2D eigenvalue weighted by Crippen LogP contribution is 2.22. The summed E-state index contributed by atoms with van der Waals surface area (Å²) < 4.78 is 37.8. The molecule has 0 spiro atoms. The summed E-state index contributed by atoms with van der Waals surface area (Å²) in [5, 5.41) is 12.3. The van der Waals surface area contributed by atoms with Gasteiger partial charge in [0.2, 0.25) is 0 Å². The Morgan fingerprint density at radius 2 is 2.00 bits per heavy atom. The van der Waals surface area contributed by atoms with Crippen molar-refractivity contribution in [3.63, 3.8) is 0 Å². The Morgan fingerprint density at radius 3 is 2.55 bits per heavy atom. The van der Waals surface area contributed by atoms with Crippen LogP contribution in [0.25, 0.3) is 11.4 Å². The van der Waals surface area contributed by atoms with Crippen LogP contribution >= 0.6 is 0 Å². The highest BCUT2D eigenvalue weighted by molar-refractivity contribution is 7.89. The van der Waals surface area contributed by atoms with Gasteiger partial charge in [0.15, 0.2) is 5.82 Å². The minimum atomic E-state index is -3.97. The maximum Gasteiger partial charge on any atom is 0.273 e. The fourth-order valence-corrected chi connectivity index (χ4v) is 2.64. The summed E-state index contributed by atoms with van der Waals surface area (Å²) in [6, 6.07) is 4.38. The van der Waals surface area contributed by atoms with Crippen molar-refractivity contribution in [1.29, 1.82) is 0 Å². The van der Waals surface area contributed by atoms with Gasteiger partial charge < -0.3 is 0 Å². The van der Waals surface area contributed by atoms with E-state index in [0.717, 1.165) is 0 Å². The topological polar surface area (TPSA) is 90.9 Å². The van der Waals surface area contributed by atoms with Crippen molar-refractivity contribution in [3.05, 3.63) is 29.6 Å². The fourth-order valence-electron chi connectivity index (χ4n) is 2.00. The molecule has 0 aliphatic rings. The van der Waals surface area contributed by atoms with Crippen molar-refractivity contribution in [2.75, 3.05) is 0 Å². The number of halogens is 1. The van der Waals surface area contributed by atoms with Gasteiger partial charge in [-0.15, -0.1) is 10.2 Å². The molecule has 0 saturated heterocycles. The second kappa shape index (κ2) is 5.29. The Labute approximate surface area is 116 Å². The number of aromatic nitrogens is 3. The van der Waals surface area contributed by atoms with Crippen molar-refractivity contribution in [3.8, 4) is 11.4 Å². The van der Waals surface area contributed by atoms with Gasteiger partial charge >= 0.3 is 0 Å². The molecule has 0 unspecified atom stereocenters. The molecule has 0 amide bonds. The molecule has 2 rings (SSSR count). The van der Waals surface area contributed by atoms with Crippen LogP contribution < -0.4 is 5.14 Å². The third kappa shape index (κ3) is 2.86. The van der Waals surface area contributed by atoms with Crippen molar-refractivity contribution in [2.24, 2.45) is 5.14 Å². The number of sulfonamides is 1. The first-order valence-corrected chi connectivity index (χ1v) is 7.61. The first-order chi connectivity index (χ1) is 9.32. The largest absolute Gasteiger partial charge is 0.297 e. The van der Waals surface area contributed by atoms with Crippen LogP contribution in [-0.2, 0) is 16.6 Å². The summed E-state index contributed by atoms with van der Waals surface area (Å²) in [6.45, 7) is 4.00. The van der Waals surface area contributed by atoms with Crippen molar-refractivity contribution in [2.45, 2.75) is 32.0 Å². The van der Waals surface area contributed by atoms with Crippen LogP contribution in [0, 0.1) is 12.7 Å². The monoisotopic (exact) mass is 298 g/mol. The SMILES string of the molecule is CCCn1c(-c2cc(C)cc(F)c2)nnc1S(N)(=O)=O. The van der Waals surface area contributed by atoms with Crippen LogP contribution in [0.1, 0.15) is 18.9 Å². The first kappa shape index (κ1) is 14.6. The normalized spacial score (nSPS) is 11.8. The van der Waals surface area contributed by atoms with Crippen LogP contribution in [0.15, 0.2) is 23.4 Å². The van der Waals surface area contributed by atoms with Gasteiger partial charge in [-0.2, -0.15) is 0 Å². The molecule has 0 bridgehead atoms. The number of nitrogens with zero attached hydrogens (tertiary/aromatic N) is 3. The third-order valence-corrected chi connectivity index (χ3v) is 3.53. The molecule has 8 heteroatoms. The van der Waals surface area contributed by atoms with Gasteiger partial charge in [-0.3, -0.25) is 4.57 Å². The van der Waals surface area contributed by atoms with Crippen molar-refractivity contribution in [1.82, 2.24) is 14.8 Å². The lowest BCUT2D eigenvalue weighted by Gasteiger charge is -2.08.